The van der Waals surface area contributed by atoms with Crippen molar-refractivity contribution in [3.8, 4) is 0 Å². The van der Waals surface area contributed by atoms with Gasteiger partial charge >= 0.3 is 0 Å². The molecule has 0 amide bonds. The number of rotatable bonds is 3. The van der Waals surface area contributed by atoms with Gasteiger partial charge in [0.2, 0.25) is 0 Å². The molecule has 1 fully saturated rings. The van der Waals surface area contributed by atoms with E-state index in [0.717, 1.165) is 0 Å². The molecule has 4 heteroatoms. The van der Waals surface area contributed by atoms with Crippen LogP contribution in [0.4, 0.5) is 0 Å². The molecule has 0 aromatic heterocycles. The minimum absolute atomic E-state index is 0.125. The number of hydrogen-bond acceptors (Lipinski definition) is 3. The Kier molecular flexibility index (Phi) is 3.04. The number of sulfone groups is 1. The monoisotopic (exact) mass is 239 g/mol. The average Bonchev–Trinajstić information content (AvgIpc) is 2.14. The maximum atomic E-state index is 11.0. The fourth-order valence-electron chi connectivity index (χ4n) is 2.05. The summed E-state index contributed by atoms with van der Waals surface area (Å²) in [6, 6.07) is 8.62. The lowest BCUT2D eigenvalue weighted by Gasteiger charge is -2.30. The molecule has 0 radical (unpaired) electrons. The third kappa shape index (κ3) is 2.62. The molecule has 3 nitrogen and oxygen atoms in total. The van der Waals surface area contributed by atoms with Crippen LogP contribution in [0, 0.1) is 6.92 Å². The van der Waals surface area contributed by atoms with E-state index in [1.807, 2.05) is 6.07 Å². The highest BCUT2D eigenvalue weighted by atomic mass is 32.2. The molecule has 2 rings (SSSR count). The molecule has 1 atom stereocenters. The van der Waals surface area contributed by atoms with E-state index in [0.29, 0.717) is 0 Å². The van der Waals surface area contributed by atoms with Gasteiger partial charge < -0.3 is 5.32 Å². The molecular formula is C12H17NO2S. The van der Waals surface area contributed by atoms with Crippen LogP contribution >= 0.6 is 0 Å². The Morgan fingerprint density at radius 1 is 1.38 bits per heavy atom. The largest absolute Gasteiger partial charge is 0.305 e. The smallest absolute Gasteiger partial charge is 0.153 e. The van der Waals surface area contributed by atoms with E-state index in [9.17, 15) is 8.42 Å². The maximum absolute atomic E-state index is 11.0. The maximum Gasteiger partial charge on any atom is 0.153 e. The van der Waals surface area contributed by atoms with Gasteiger partial charge in [0.05, 0.1) is 11.5 Å². The Balaban J connectivity index is 1.96. The molecule has 1 aromatic carbocycles. The summed E-state index contributed by atoms with van der Waals surface area (Å²) in [6.45, 7) is 4.13. The SMILES string of the molecule is Cc1cccc(C(C)NC2CS(=O)(=O)C2)c1. The summed E-state index contributed by atoms with van der Waals surface area (Å²) in [4.78, 5) is 0. The first-order valence-corrected chi connectivity index (χ1v) is 7.31. The molecule has 1 aromatic rings. The minimum atomic E-state index is -2.73. The second-order valence-corrected chi connectivity index (χ2v) is 6.73. The van der Waals surface area contributed by atoms with E-state index in [2.05, 4.69) is 37.4 Å². The van der Waals surface area contributed by atoms with E-state index in [1.165, 1.54) is 11.1 Å². The molecule has 1 heterocycles. The number of aryl methyl sites for hydroxylation is 1. The van der Waals surface area contributed by atoms with Gasteiger partial charge in [-0.2, -0.15) is 0 Å². The molecule has 1 saturated heterocycles. The average molecular weight is 239 g/mol. The first-order valence-electron chi connectivity index (χ1n) is 5.49. The van der Waals surface area contributed by atoms with Crippen LogP contribution in [0.1, 0.15) is 24.1 Å². The van der Waals surface area contributed by atoms with Crippen molar-refractivity contribution in [2.24, 2.45) is 0 Å². The number of benzene rings is 1. The molecule has 16 heavy (non-hydrogen) atoms. The van der Waals surface area contributed by atoms with Crippen LogP contribution in [0.2, 0.25) is 0 Å². The van der Waals surface area contributed by atoms with Crippen LogP contribution in [0.3, 0.4) is 0 Å². The molecule has 0 bridgehead atoms. The quantitative estimate of drug-likeness (QED) is 0.868. The Bertz CT molecular complexity index is 470. The highest BCUT2D eigenvalue weighted by Crippen LogP contribution is 2.18. The topological polar surface area (TPSA) is 46.2 Å². The normalized spacial score (nSPS) is 21.4. The summed E-state index contributed by atoms with van der Waals surface area (Å²) in [6.07, 6.45) is 0. The van der Waals surface area contributed by atoms with Crippen molar-refractivity contribution in [3.05, 3.63) is 35.4 Å². The van der Waals surface area contributed by atoms with Gasteiger partial charge in [0.1, 0.15) is 0 Å². The summed E-state index contributed by atoms with van der Waals surface area (Å²) in [5.74, 6) is 0.562. The third-order valence-corrected chi connectivity index (χ3v) is 4.76. The van der Waals surface area contributed by atoms with Crippen molar-refractivity contribution in [2.45, 2.75) is 25.9 Å². The summed E-state index contributed by atoms with van der Waals surface area (Å²) in [7, 11) is -2.73. The van der Waals surface area contributed by atoms with Gasteiger partial charge in [-0.15, -0.1) is 0 Å². The lowest BCUT2D eigenvalue weighted by molar-refractivity contribution is 0.468. The number of nitrogens with one attached hydrogen (secondary N) is 1. The highest BCUT2D eigenvalue weighted by Gasteiger charge is 2.33. The third-order valence-electron chi connectivity index (χ3n) is 2.94. The van der Waals surface area contributed by atoms with Crippen LogP contribution < -0.4 is 5.32 Å². The Hall–Kier alpha value is -0.870. The standard InChI is InChI=1S/C12H17NO2S/c1-9-4-3-5-11(6-9)10(2)13-12-7-16(14,15)8-12/h3-6,10,12-13H,7-8H2,1-2H3. The molecule has 1 aliphatic heterocycles. The first-order chi connectivity index (χ1) is 7.46. The zero-order valence-corrected chi connectivity index (χ0v) is 10.4. The van der Waals surface area contributed by atoms with Crippen LogP contribution in [-0.4, -0.2) is 26.0 Å². The minimum Gasteiger partial charge on any atom is -0.305 e. The molecule has 1 aliphatic rings. The van der Waals surface area contributed by atoms with E-state index >= 15 is 0 Å². The summed E-state index contributed by atoms with van der Waals surface area (Å²) in [5.41, 5.74) is 2.44. The molecule has 1 unspecified atom stereocenters. The van der Waals surface area contributed by atoms with Crippen molar-refractivity contribution in [2.75, 3.05) is 11.5 Å². The van der Waals surface area contributed by atoms with E-state index in [1.54, 1.807) is 0 Å². The molecule has 0 saturated carbocycles. The Morgan fingerprint density at radius 3 is 2.62 bits per heavy atom. The molecule has 0 aliphatic carbocycles. The molecule has 88 valence electrons. The van der Waals surface area contributed by atoms with Crippen LogP contribution in [0.5, 0.6) is 0 Å². The first kappa shape index (κ1) is 11.6. The predicted molar refractivity (Wildman–Crippen MR) is 65.2 cm³/mol. The molecule has 1 N–H and O–H groups in total. The van der Waals surface area contributed by atoms with Crippen LogP contribution in [0.15, 0.2) is 24.3 Å². The van der Waals surface area contributed by atoms with Gasteiger partial charge in [-0.25, -0.2) is 8.42 Å². The lowest BCUT2D eigenvalue weighted by Crippen LogP contribution is -2.51. The Morgan fingerprint density at radius 2 is 2.06 bits per heavy atom. The van der Waals surface area contributed by atoms with Gasteiger partial charge in [-0.05, 0) is 19.4 Å². The molecular weight excluding hydrogens is 222 g/mol. The number of hydrogen-bond donors (Lipinski definition) is 1. The van der Waals surface area contributed by atoms with Gasteiger partial charge in [0.25, 0.3) is 0 Å². The van der Waals surface area contributed by atoms with Gasteiger partial charge in [-0.1, -0.05) is 29.8 Å². The van der Waals surface area contributed by atoms with Crippen molar-refractivity contribution < 1.29 is 8.42 Å². The fourth-order valence-corrected chi connectivity index (χ4v) is 3.37. The second-order valence-electron chi connectivity index (χ2n) is 4.58. The summed E-state index contributed by atoms with van der Waals surface area (Å²) < 4.78 is 22.1. The van der Waals surface area contributed by atoms with Crippen molar-refractivity contribution in [3.63, 3.8) is 0 Å². The highest BCUT2D eigenvalue weighted by molar-refractivity contribution is 7.92. The van der Waals surface area contributed by atoms with Crippen LogP contribution in [-0.2, 0) is 9.84 Å². The fraction of sp³-hybridized carbons (Fsp3) is 0.500. The van der Waals surface area contributed by atoms with Gasteiger partial charge in [-0.3, -0.25) is 0 Å². The van der Waals surface area contributed by atoms with Crippen LogP contribution in [0.25, 0.3) is 0 Å². The van der Waals surface area contributed by atoms with E-state index in [4.69, 9.17) is 0 Å². The summed E-state index contributed by atoms with van der Waals surface area (Å²) in [5, 5.41) is 3.34. The predicted octanol–water partition coefficient (Wildman–Crippen LogP) is 1.44. The zero-order chi connectivity index (χ0) is 11.8. The second kappa shape index (κ2) is 4.18. The zero-order valence-electron chi connectivity index (χ0n) is 9.60. The van der Waals surface area contributed by atoms with E-state index < -0.39 is 9.84 Å². The van der Waals surface area contributed by atoms with Gasteiger partial charge in [0.15, 0.2) is 9.84 Å². The summed E-state index contributed by atoms with van der Waals surface area (Å²) >= 11 is 0. The lowest BCUT2D eigenvalue weighted by atomic mass is 10.1. The van der Waals surface area contributed by atoms with E-state index in [-0.39, 0.29) is 23.6 Å². The molecule has 0 spiro atoms. The van der Waals surface area contributed by atoms with Crippen molar-refractivity contribution in [1.29, 1.82) is 0 Å². The Labute approximate surface area is 96.8 Å². The van der Waals surface area contributed by atoms with Gasteiger partial charge in [0, 0.05) is 12.1 Å². The van der Waals surface area contributed by atoms with Crippen molar-refractivity contribution in [1.82, 2.24) is 5.32 Å². The van der Waals surface area contributed by atoms with Crippen molar-refractivity contribution >= 4 is 9.84 Å².